The van der Waals surface area contributed by atoms with Crippen molar-refractivity contribution in [3.63, 3.8) is 0 Å². The molecule has 0 aliphatic heterocycles. The van der Waals surface area contributed by atoms with E-state index in [1.165, 1.54) is 12.5 Å². The fourth-order valence-corrected chi connectivity index (χ4v) is 3.00. The van der Waals surface area contributed by atoms with E-state index in [1.54, 1.807) is 11.6 Å². The minimum atomic E-state index is -3.66. The van der Waals surface area contributed by atoms with E-state index in [0.29, 0.717) is 24.0 Å². The van der Waals surface area contributed by atoms with Crippen molar-refractivity contribution in [2.75, 3.05) is 0 Å². The van der Waals surface area contributed by atoms with Gasteiger partial charge in [0.05, 0.1) is 12.7 Å². The molecule has 0 amide bonds. The van der Waals surface area contributed by atoms with Crippen LogP contribution in [0.15, 0.2) is 17.6 Å². The summed E-state index contributed by atoms with van der Waals surface area (Å²) in [5.41, 5.74) is 0.632. The average molecular weight is 311 g/mol. The summed E-state index contributed by atoms with van der Waals surface area (Å²) in [6.07, 6.45) is 5.34. The van der Waals surface area contributed by atoms with Gasteiger partial charge in [0.15, 0.2) is 5.03 Å². The van der Waals surface area contributed by atoms with Crippen molar-refractivity contribution in [2.45, 2.75) is 37.0 Å². The number of aromatic amines is 1. The molecule has 0 bridgehead atoms. The Labute approximate surface area is 122 Å². The molecule has 0 unspecified atom stereocenters. The molecular formula is C11H17N7O2S. The third-order valence-electron chi connectivity index (χ3n) is 3.33. The molecule has 0 atom stereocenters. The van der Waals surface area contributed by atoms with Crippen LogP contribution in [-0.4, -0.2) is 39.4 Å². The van der Waals surface area contributed by atoms with E-state index in [2.05, 4.69) is 30.4 Å². The van der Waals surface area contributed by atoms with Gasteiger partial charge in [0, 0.05) is 25.2 Å². The normalized spacial score (nSPS) is 15.5. The number of hydrogen-bond acceptors (Lipinski definition) is 6. The van der Waals surface area contributed by atoms with Crippen LogP contribution in [0.3, 0.4) is 0 Å². The van der Waals surface area contributed by atoms with Crippen molar-refractivity contribution in [1.29, 1.82) is 0 Å². The van der Waals surface area contributed by atoms with Crippen LogP contribution in [0.4, 0.5) is 0 Å². The number of H-pyrrole nitrogens is 1. The molecule has 0 spiro atoms. The van der Waals surface area contributed by atoms with E-state index in [9.17, 15) is 8.42 Å². The molecule has 1 aliphatic carbocycles. The molecule has 1 saturated carbocycles. The lowest BCUT2D eigenvalue weighted by molar-refractivity contribution is 0.570. The monoisotopic (exact) mass is 311 g/mol. The summed E-state index contributed by atoms with van der Waals surface area (Å²) in [4.78, 5) is 0. The minimum Gasteiger partial charge on any atom is -0.320 e. The zero-order valence-electron chi connectivity index (χ0n) is 11.6. The summed E-state index contributed by atoms with van der Waals surface area (Å²) >= 11 is 0. The molecule has 2 aromatic heterocycles. The first-order chi connectivity index (χ1) is 10.1. The molecule has 3 N–H and O–H groups in total. The second-order valence-corrected chi connectivity index (χ2v) is 6.77. The first kappa shape index (κ1) is 14.2. The molecule has 0 radical (unpaired) electrons. The molecule has 9 nitrogen and oxygen atoms in total. The third-order valence-corrected chi connectivity index (χ3v) is 4.75. The summed E-state index contributed by atoms with van der Waals surface area (Å²) in [6.45, 7) is 0.564. The van der Waals surface area contributed by atoms with Crippen LogP contribution in [0.2, 0.25) is 0 Å². The molecule has 10 heteroatoms. The maximum Gasteiger partial charge on any atom is 0.258 e. The zero-order chi connectivity index (χ0) is 14.9. The molecule has 21 heavy (non-hydrogen) atoms. The smallest absolute Gasteiger partial charge is 0.258 e. The van der Waals surface area contributed by atoms with Gasteiger partial charge >= 0.3 is 0 Å². The molecule has 2 aromatic rings. The number of hydrogen-bond donors (Lipinski definition) is 3. The molecule has 0 saturated heterocycles. The van der Waals surface area contributed by atoms with Gasteiger partial charge in [-0.2, -0.15) is 5.10 Å². The van der Waals surface area contributed by atoms with Crippen molar-refractivity contribution in [3.05, 3.63) is 23.9 Å². The summed E-state index contributed by atoms with van der Waals surface area (Å²) in [6, 6.07) is 0.502. The van der Waals surface area contributed by atoms with E-state index >= 15 is 0 Å². The highest BCUT2D eigenvalue weighted by atomic mass is 32.2. The van der Waals surface area contributed by atoms with Crippen molar-refractivity contribution in [3.8, 4) is 0 Å². The van der Waals surface area contributed by atoms with Gasteiger partial charge in [-0.25, -0.2) is 13.1 Å². The quantitative estimate of drug-likeness (QED) is 0.620. The van der Waals surface area contributed by atoms with E-state index in [-0.39, 0.29) is 11.6 Å². The number of nitrogens with zero attached hydrogens (tertiary/aromatic N) is 4. The highest BCUT2D eigenvalue weighted by molar-refractivity contribution is 7.89. The first-order valence-electron chi connectivity index (χ1n) is 6.64. The summed E-state index contributed by atoms with van der Waals surface area (Å²) < 4.78 is 28.8. The van der Waals surface area contributed by atoms with E-state index in [1.807, 2.05) is 0 Å². The summed E-state index contributed by atoms with van der Waals surface area (Å²) in [7, 11) is -1.90. The largest absolute Gasteiger partial charge is 0.320 e. The average Bonchev–Trinajstić information content (AvgIpc) is 2.98. The number of rotatable bonds is 7. The molecule has 1 aliphatic rings. The van der Waals surface area contributed by atoms with E-state index in [4.69, 9.17) is 0 Å². The van der Waals surface area contributed by atoms with Crippen LogP contribution in [0.25, 0.3) is 0 Å². The van der Waals surface area contributed by atoms with Crippen LogP contribution < -0.4 is 10.0 Å². The van der Waals surface area contributed by atoms with Gasteiger partial charge in [0.2, 0.25) is 0 Å². The van der Waals surface area contributed by atoms with E-state index in [0.717, 1.165) is 12.8 Å². The number of aryl methyl sites for hydroxylation is 1. The maximum absolute atomic E-state index is 12.3. The fourth-order valence-electron chi connectivity index (χ4n) is 1.90. The lowest BCUT2D eigenvalue weighted by Crippen LogP contribution is -2.27. The Kier molecular flexibility index (Phi) is 3.74. The maximum atomic E-state index is 12.3. The predicted molar refractivity (Wildman–Crippen MR) is 73.5 cm³/mol. The first-order valence-corrected chi connectivity index (χ1v) is 8.13. The third kappa shape index (κ3) is 3.28. The van der Waals surface area contributed by atoms with Crippen LogP contribution in [0, 0.1) is 0 Å². The van der Waals surface area contributed by atoms with Crippen molar-refractivity contribution in [1.82, 2.24) is 35.0 Å². The SMILES string of the molecule is Cn1cnnc1CNS(=O)(=O)c1[nH]ncc1CNC1CC1. The number of sulfonamides is 1. The zero-order valence-corrected chi connectivity index (χ0v) is 12.4. The topological polar surface area (TPSA) is 118 Å². The summed E-state index contributed by atoms with van der Waals surface area (Å²) in [5.74, 6) is 0.538. The standard InChI is InChI=1S/C11H17N7O2S/c1-18-7-14-16-10(18)6-15-21(19,20)11-8(5-13-17-11)4-12-9-2-3-9/h5,7,9,12,15H,2-4,6H2,1H3,(H,13,17). The van der Waals surface area contributed by atoms with Gasteiger partial charge in [-0.15, -0.1) is 10.2 Å². The van der Waals surface area contributed by atoms with Gasteiger partial charge in [0.1, 0.15) is 12.2 Å². The molecule has 114 valence electrons. The Morgan fingerprint density at radius 1 is 1.43 bits per heavy atom. The van der Waals surface area contributed by atoms with Crippen molar-refractivity contribution >= 4 is 10.0 Å². The van der Waals surface area contributed by atoms with Gasteiger partial charge in [-0.1, -0.05) is 0 Å². The van der Waals surface area contributed by atoms with Gasteiger partial charge in [0.25, 0.3) is 10.0 Å². The molecule has 0 aromatic carbocycles. The summed E-state index contributed by atoms with van der Waals surface area (Å²) in [5, 5.41) is 17.3. The number of nitrogens with one attached hydrogen (secondary N) is 3. The lowest BCUT2D eigenvalue weighted by Gasteiger charge is -2.07. The molecule has 1 fully saturated rings. The minimum absolute atomic E-state index is 0.0767. The Morgan fingerprint density at radius 2 is 2.24 bits per heavy atom. The second-order valence-electron chi connectivity index (χ2n) is 5.06. The predicted octanol–water partition coefficient (Wildman–Crippen LogP) is -0.731. The molecule has 2 heterocycles. The Hall–Kier alpha value is -1.78. The van der Waals surface area contributed by atoms with Crippen molar-refractivity contribution < 1.29 is 8.42 Å². The van der Waals surface area contributed by atoms with Crippen LogP contribution in [-0.2, 0) is 30.2 Å². The lowest BCUT2D eigenvalue weighted by atomic mass is 10.3. The van der Waals surface area contributed by atoms with E-state index < -0.39 is 10.0 Å². The highest BCUT2D eigenvalue weighted by Gasteiger charge is 2.24. The van der Waals surface area contributed by atoms with Crippen LogP contribution in [0.1, 0.15) is 24.2 Å². The van der Waals surface area contributed by atoms with Gasteiger partial charge in [-0.3, -0.25) is 5.10 Å². The number of aromatic nitrogens is 5. The van der Waals surface area contributed by atoms with Gasteiger partial charge < -0.3 is 9.88 Å². The molecular weight excluding hydrogens is 294 g/mol. The van der Waals surface area contributed by atoms with Gasteiger partial charge in [-0.05, 0) is 12.8 Å². The second kappa shape index (κ2) is 5.54. The van der Waals surface area contributed by atoms with Crippen LogP contribution >= 0.6 is 0 Å². The Morgan fingerprint density at radius 3 is 2.90 bits per heavy atom. The Bertz CT molecular complexity index is 717. The Balaban J connectivity index is 1.69. The van der Waals surface area contributed by atoms with Crippen molar-refractivity contribution in [2.24, 2.45) is 7.05 Å². The highest BCUT2D eigenvalue weighted by Crippen LogP contribution is 2.20. The fraction of sp³-hybridized carbons (Fsp3) is 0.545. The van der Waals surface area contributed by atoms with Crippen LogP contribution in [0.5, 0.6) is 0 Å². The molecule has 3 rings (SSSR count).